The van der Waals surface area contributed by atoms with Crippen molar-refractivity contribution in [1.82, 2.24) is 10.2 Å². The zero-order valence-corrected chi connectivity index (χ0v) is 28.6. The standard InChI is InChI=1S/C34H34Cl3N3O5S/c1-23(2)38-34(42)32(19-24-7-5-4-6-8-24)39(21-25-9-10-27(36)20-31(25)37)33(41)22-40(28-13-11-26(35)12-14-28)46(43,44)30-17-15-29(45-3)16-18-30/h4-18,20,23,32H,19,21-22H2,1-3H3,(H,38,42)/t32-/m1/s1. The van der Waals surface area contributed by atoms with Crippen molar-refractivity contribution in [3.63, 3.8) is 0 Å². The largest absolute Gasteiger partial charge is 0.497 e. The SMILES string of the molecule is COc1ccc(S(=O)(=O)N(CC(=O)N(Cc2ccc(Cl)cc2Cl)[C@H](Cc2ccccc2)C(=O)NC(C)C)c2ccc(Cl)cc2)cc1. The highest BCUT2D eigenvalue weighted by Crippen LogP contribution is 2.28. The van der Waals surface area contributed by atoms with Crippen LogP contribution in [0, 0.1) is 0 Å². The van der Waals surface area contributed by atoms with E-state index in [1.165, 1.54) is 60.5 Å². The van der Waals surface area contributed by atoms with Crippen LogP contribution in [-0.4, -0.2) is 50.9 Å². The molecule has 4 aromatic carbocycles. The van der Waals surface area contributed by atoms with Gasteiger partial charge in [-0.1, -0.05) is 71.2 Å². The predicted octanol–water partition coefficient (Wildman–Crippen LogP) is 7.02. The summed E-state index contributed by atoms with van der Waals surface area (Å²) in [7, 11) is -2.81. The molecule has 0 aromatic heterocycles. The number of amides is 2. The fraction of sp³-hybridized carbons (Fsp3) is 0.235. The highest BCUT2D eigenvalue weighted by molar-refractivity contribution is 7.92. The summed E-state index contributed by atoms with van der Waals surface area (Å²) in [5, 5.41) is 4.02. The summed E-state index contributed by atoms with van der Waals surface area (Å²) in [5.41, 5.74) is 1.56. The van der Waals surface area contributed by atoms with Crippen molar-refractivity contribution >= 4 is 62.3 Å². The first-order chi connectivity index (χ1) is 21.9. The van der Waals surface area contributed by atoms with Crippen molar-refractivity contribution < 1.29 is 22.7 Å². The van der Waals surface area contributed by atoms with Crippen molar-refractivity contribution in [2.24, 2.45) is 0 Å². The molecule has 2 amide bonds. The number of hydrogen-bond acceptors (Lipinski definition) is 5. The van der Waals surface area contributed by atoms with E-state index < -0.39 is 34.4 Å². The lowest BCUT2D eigenvalue weighted by atomic mass is 10.0. The monoisotopic (exact) mass is 701 g/mol. The van der Waals surface area contributed by atoms with Crippen molar-refractivity contribution in [2.75, 3.05) is 18.0 Å². The van der Waals surface area contributed by atoms with Crippen LogP contribution in [0.5, 0.6) is 5.75 Å². The van der Waals surface area contributed by atoms with E-state index in [0.717, 1.165) is 9.87 Å². The van der Waals surface area contributed by atoms with Gasteiger partial charge in [0.15, 0.2) is 0 Å². The number of sulfonamides is 1. The molecule has 1 N–H and O–H groups in total. The summed E-state index contributed by atoms with van der Waals surface area (Å²) in [6, 6.07) is 24.9. The van der Waals surface area contributed by atoms with Crippen molar-refractivity contribution in [3.8, 4) is 5.75 Å². The average molecular weight is 703 g/mol. The molecule has 0 aliphatic rings. The Bertz CT molecular complexity index is 1750. The number of rotatable bonds is 13. The number of nitrogens with one attached hydrogen (secondary N) is 1. The number of carbonyl (C=O) groups excluding carboxylic acids is 2. The minimum Gasteiger partial charge on any atom is -0.497 e. The van der Waals surface area contributed by atoms with Gasteiger partial charge < -0.3 is 15.0 Å². The van der Waals surface area contributed by atoms with Crippen LogP contribution in [0.3, 0.4) is 0 Å². The van der Waals surface area contributed by atoms with E-state index in [1.54, 1.807) is 18.2 Å². The van der Waals surface area contributed by atoms with Crippen LogP contribution >= 0.6 is 34.8 Å². The number of benzene rings is 4. The van der Waals surface area contributed by atoms with Gasteiger partial charge in [0, 0.05) is 34.1 Å². The van der Waals surface area contributed by atoms with Gasteiger partial charge in [0.2, 0.25) is 11.8 Å². The quantitative estimate of drug-likeness (QED) is 0.162. The molecule has 242 valence electrons. The number of carbonyl (C=O) groups is 2. The van der Waals surface area contributed by atoms with Crippen LogP contribution < -0.4 is 14.4 Å². The van der Waals surface area contributed by atoms with Gasteiger partial charge in [-0.25, -0.2) is 8.42 Å². The summed E-state index contributed by atoms with van der Waals surface area (Å²) in [6.45, 7) is 2.93. The topological polar surface area (TPSA) is 96.0 Å². The molecule has 0 unspecified atom stereocenters. The van der Waals surface area contributed by atoms with E-state index >= 15 is 0 Å². The maximum absolute atomic E-state index is 14.5. The average Bonchev–Trinajstić information content (AvgIpc) is 3.03. The van der Waals surface area contributed by atoms with Gasteiger partial charge in [0.1, 0.15) is 18.3 Å². The van der Waals surface area contributed by atoms with Gasteiger partial charge in [0.25, 0.3) is 10.0 Å². The van der Waals surface area contributed by atoms with Gasteiger partial charge >= 0.3 is 0 Å². The van der Waals surface area contributed by atoms with Crippen LogP contribution in [0.4, 0.5) is 5.69 Å². The lowest BCUT2D eigenvalue weighted by Crippen LogP contribution is -2.54. The summed E-state index contributed by atoms with van der Waals surface area (Å²) < 4.78 is 34.5. The Labute approximate surface area is 284 Å². The molecule has 4 aromatic rings. The molecule has 8 nitrogen and oxygen atoms in total. The Hall–Kier alpha value is -3.76. The molecular formula is C34H34Cl3N3O5S. The second-order valence-electron chi connectivity index (χ2n) is 10.8. The molecule has 0 fully saturated rings. The van der Waals surface area contributed by atoms with Crippen molar-refractivity contribution in [2.45, 2.75) is 43.8 Å². The molecule has 4 rings (SSSR count). The number of anilines is 1. The zero-order chi connectivity index (χ0) is 33.4. The molecule has 0 bridgehead atoms. The Morgan fingerprint density at radius 1 is 0.848 bits per heavy atom. The van der Waals surface area contributed by atoms with Crippen molar-refractivity contribution in [1.29, 1.82) is 0 Å². The molecule has 46 heavy (non-hydrogen) atoms. The second-order valence-corrected chi connectivity index (χ2v) is 13.9. The lowest BCUT2D eigenvalue weighted by molar-refractivity contribution is -0.140. The fourth-order valence-corrected chi connectivity index (χ4v) is 6.79. The zero-order valence-electron chi connectivity index (χ0n) is 25.5. The van der Waals surface area contributed by atoms with Gasteiger partial charge in [-0.3, -0.25) is 13.9 Å². The summed E-state index contributed by atoms with van der Waals surface area (Å²) in [4.78, 5) is 29.6. The molecule has 0 saturated carbocycles. The Balaban J connectivity index is 1.82. The Morgan fingerprint density at radius 2 is 1.48 bits per heavy atom. The highest BCUT2D eigenvalue weighted by Gasteiger charge is 2.35. The number of ether oxygens (including phenoxy) is 1. The number of nitrogens with zero attached hydrogens (tertiary/aromatic N) is 2. The van der Waals surface area contributed by atoms with Gasteiger partial charge in [0.05, 0.1) is 17.7 Å². The number of halogens is 3. The van der Waals surface area contributed by atoms with E-state index in [9.17, 15) is 18.0 Å². The first-order valence-electron chi connectivity index (χ1n) is 14.4. The predicted molar refractivity (Wildman–Crippen MR) is 183 cm³/mol. The third-order valence-corrected chi connectivity index (χ3v) is 9.73. The number of hydrogen-bond donors (Lipinski definition) is 1. The maximum atomic E-state index is 14.5. The van der Waals surface area contributed by atoms with E-state index in [0.29, 0.717) is 26.4 Å². The van der Waals surface area contributed by atoms with Crippen LogP contribution in [0.25, 0.3) is 0 Å². The third kappa shape index (κ3) is 8.94. The molecule has 12 heteroatoms. The van der Waals surface area contributed by atoms with Crippen LogP contribution in [0.1, 0.15) is 25.0 Å². The molecule has 0 radical (unpaired) electrons. The lowest BCUT2D eigenvalue weighted by Gasteiger charge is -2.34. The second kappa shape index (κ2) is 15.7. The molecule has 0 aliphatic heterocycles. The Morgan fingerprint density at radius 3 is 2.07 bits per heavy atom. The molecule has 0 spiro atoms. The normalized spacial score (nSPS) is 12.0. The molecule has 1 atom stereocenters. The third-order valence-electron chi connectivity index (χ3n) is 7.10. The summed E-state index contributed by atoms with van der Waals surface area (Å²) in [6.07, 6.45) is 0.169. The van der Waals surface area contributed by atoms with Crippen LogP contribution in [-0.2, 0) is 32.6 Å². The van der Waals surface area contributed by atoms with Crippen LogP contribution in [0.2, 0.25) is 15.1 Å². The summed E-state index contributed by atoms with van der Waals surface area (Å²) in [5.74, 6) is -0.551. The van der Waals surface area contributed by atoms with E-state index in [1.807, 2.05) is 44.2 Å². The van der Waals surface area contributed by atoms with Crippen molar-refractivity contribution in [3.05, 3.63) is 123 Å². The minimum atomic E-state index is -4.29. The molecular weight excluding hydrogens is 669 g/mol. The smallest absolute Gasteiger partial charge is 0.264 e. The van der Waals surface area contributed by atoms with Crippen LogP contribution in [0.15, 0.2) is 102 Å². The molecule has 0 saturated heterocycles. The Kier molecular flexibility index (Phi) is 12.0. The highest BCUT2D eigenvalue weighted by atomic mass is 35.5. The van der Waals surface area contributed by atoms with Gasteiger partial charge in [-0.05, 0) is 85.6 Å². The van der Waals surface area contributed by atoms with E-state index in [2.05, 4.69) is 5.32 Å². The maximum Gasteiger partial charge on any atom is 0.264 e. The summed E-state index contributed by atoms with van der Waals surface area (Å²) >= 11 is 18.8. The van der Waals surface area contributed by atoms with Gasteiger partial charge in [-0.2, -0.15) is 0 Å². The first kappa shape index (κ1) is 35.1. The molecule has 0 aliphatic carbocycles. The number of methoxy groups -OCH3 is 1. The molecule has 0 heterocycles. The van der Waals surface area contributed by atoms with Gasteiger partial charge in [-0.15, -0.1) is 0 Å². The first-order valence-corrected chi connectivity index (χ1v) is 17.0. The van der Waals surface area contributed by atoms with E-state index in [-0.39, 0.29) is 29.6 Å². The minimum absolute atomic E-state index is 0.0540. The fourth-order valence-electron chi connectivity index (χ4n) is 4.78. The van der Waals surface area contributed by atoms with E-state index in [4.69, 9.17) is 39.5 Å².